The number of hydrogen-bond acceptors (Lipinski definition) is 6. The number of nitrogens with one attached hydrogen (secondary N) is 2. The summed E-state index contributed by atoms with van der Waals surface area (Å²) in [6.45, 7) is 3.53. The van der Waals surface area contributed by atoms with E-state index in [9.17, 15) is 4.79 Å². The van der Waals surface area contributed by atoms with Gasteiger partial charge in [-0.25, -0.2) is 9.97 Å². The molecule has 0 bridgehead atoms. The molecule has 0 atom stereocenters. The summed E-state index contributed by atoms with van der Waals surface area (Å²) in [5.74, 6) is 0.952. The third-order valence-corrected chi connectivity index (χ3v) is 5.59. The Hall–Kier alpha value is -3.72. The number of benzene rings is 1. The van der Waals surface area contributed by atoms with Crippen LogP contribution in [-0.2, 0) is 7.05 Å². The molecule has 1 aromatic carbocycles. The molecule has 1 saturated heterocycles. The molecule has 1 aliphatic rings. The van der Waals surface area contributed by atoms with E-state index in [1.165, 1.54) is 0 Å². The molecule has 0 saturated carbocycles. The van der Waals surface area contributed by atoms with E-state index >= 15 is 0 Å². The van der Waals surface area contributed by atoms with Gasteiger partial charge in [0, 0.05) is 56.7 Å². The molecule has 8 nitrogen and oxygen atoms in total. The molecule has 0 aliphatic carbocycles. The quantitative estimate of drug-likeness (QED) is 0.484. The van der Waals surface area contributed by atoms with Gasteiger partial charge in [-0.15, -0.1) is 0 Å². The predicted molar refractivity (Wildman–Crippen MR) is 127 cm³/mol. The predicted octanol–water partition coefficient (Wildman–Crippen LogP) is 1.49. The van der Waals surface area contributed by atoms with Crippen LogP contribution in [0.15, 0.2) is 55.0 Å². The highest BCUT2D eigenvalue weighted by Crippen LogP contribution is 2.24. The first-order valence-corrected chi connectivity index (χ1v) is 10.5. The Morgan fingerprint density at radius 2 is 1.97 bits per heavy atom. The molecule has 4 heterocycles. The summed E-state index contributed by atoms with van der Waals surface area (Å²) >= 11 is 0. The molecule has 2 N–H and O–H groups in total. The van der Waals surface area contributed by atoms with E-state index in [0.717, 1.165) is 53.9 Å². The average Bonchev–Trinajstić information content (AvgIpc) is 3.26. The number of aromatic nitrogens is 4. The summed E-state index contributed by atoms with van der Waals surface area (Å²) in [5, 5.41) is 12.2. The Kier molecular flexibility index (Phi) is 5.32. The topological polar surface area (TPSA) is 88.0 Å². The number of rotatable bonds is 4. The largest absolute Gasteiger partial charge is 0.354 e. The highest BCUT2D eigenvalue weighted by atomic mass is 16.1. The van der Waals surface area contributed by atoms with Crippen molar-refractivity contribution >= 4 is 41.8 Å². The number of anilines is 2. The standard InChI is InChI=1S/C23H22BN7O/c1-30-14-18(13-27-30)15-2-3-19-17(10-15)11-20(28-22(19)24)29-23(32)16-4-5-26-21(12-16)31-8-6-25-7-9-31/h2-5,10-14,25H,6-9H2,1H3,(H,28,29,32). The molecule has 5 rings (SSSR count). The van der Waals surface area contributed by atoms with Crippen LogP contribution in [0.5, 0.6) is 0 Å². The highest BCUT2D eigenvalue weighted by molar-refractivity contribution is 6.37. The number of carbonyl (C=O) groups excluding carboxylic acids is 1. The average molecular weight is 423 g/mol. The first-order chi connectivity index (χ1) is 15.6. The fourth-order valence-corrected chi connectivity index (χ4v) is 3.91. The summed E-state index contributed by atoms with van der Waals surface area (Å²) in [6, 6.07) is 11.3. The molecular weight excluding hydrogens is 401 g/mol. The Bertz CT molecular complexity index is 1300. The fraction of sp³-hybridized carbons (Fsp3) is 0.217. The second-order valence-electron chi connectivity index (χ2n) is 7.83. The minimum absolute atomic E-state index is 0.251. The van der Waals surface area contributed by atoms with E-state index in [-0.39, 0.29) is 5.91 Å². The molecule has 158 valence electrons. The monoisotopic (exact) mass is 423 g/mol. The minimum atomic E-state index is -0.251. The van der Waals surface area contributed by atoms with Crippen molar-refractivity contribution in [3.05, 3.63) is 60.6 Å². The molecule has 3 aromatic heterocycles. The lowest BCUT2D eigenvalue weighted by Crippen LogP contribution is -2.43. The van der Waals surface area contributed by atoms with E-state index in [0.29, 0.717) is 17.0 Å². The summed E-state index contributed by atoms with van der Waals surface area (Å²) in [4.78, 5) is 23.9. The second kappa shape index (κ2) is 8.43. The third kappa shape index (κ3) is 4.07. The third-order valence-electron chi connectivity index (χ3n) is 5.59. The van der Waals surface area contributed by atoms with Gasteiger partial charge in [-0.05, 0) is 46.2 Å². The molecule has 4 aromatic rings. The van der Waals surface area contributed by atoms with Gasteiger partial charge < -0.3 is 15.5 Å². The lowest BCUT2D eigenvalue weighted by Gasteiger charge is -2.28. The fourth-order valence-electron chi connectivity index (χ4n) is 3.91. The maximum absolute atomic E-state index is 12.9. The zero-order valence-corrected chi connectivity index (χ0v) is 17.7. The Morgan fingerprint density at radius 3 is 2.75 bits per heavy atom. The van der Waals surface area contributed by atoms with Crippen molar-refractivity contribution in [1.82, 2.24) is 25.1 Å². The van der Waals surface area contributed by atoms with Gasteiger partial charge in [0.05, 0.1) is 6.20 Å². The first-order valence-electron chi connectivity index (χ1n) is 10.5. The second-order valence-corrected chi connectivity index (χ2v) is 7.83. The SMILES string of the molecule is [B]c1nc(NC(=O)c2ccnc(N3CCNCC3)c2)cc2cc(-c3cnn(C)c3)ccc12. The number of pyridine rings is 2. The van der Waals surface area contributed by atoms with Crippen LogP contribution in [0, 0.1) is 0 Å². The highest BCUT2D eigenvalue weighted by Gasteiger charge is 2.15. The van der Waals surface area contributed by atoms with Gasteiger partial charge in [-0.2, -0.15) is 5.10 Å². The van der Waals surface area contributed by atoms with Gasteiger partial charge in [0.25, 0.3) is 5.91 Å². The molecule has 32 heavy (non-hydrogen) atoms. The van der Waals surface area contributed by atoms with Crippen molar-refractivity contribution in [3.63, 3.8) is 0 Å². The summed E-state index contributed by atoms with van der Waals surface area (Å²) < 4.78 is 1.76. The van der Waals surface area contributed by atoms with E-state index in [2.05, 4.69) is 30.6 Å². The van der Waals surface area contributed by atoms with Crippen molar-refractivity contribution in [2.75, 3.05) is 36.4 Å². The van der Waals surface area contributed by atoms with Gasteiger partial charge in [0.1, 0.15) is 19.5 Å². The van der Waals surface area contributed by atoms with Crippen LogP contribution >= 0.6 is 0 Å². The normalized spacial score (nSPS) is 14.0. The summed E-state index contributed by atoms with van der Waals surface area (Å²) in [7, 11) is 8.07. The van der Waals surface area contributed by atoms with E-state index in [1.54, 1.807) is 16.9 Å². The van der Waals surface area contributed by atoms with E-state index < -0.39 is 0 Å². The van der Waals surface area contributed by atoms with Gasteiger partial charge in [-0.3, -0.25) is 9.48 Å². The Balaban J connectivity index is 1.41. The molecule has 0 spiro atoms. The van der Waals surface area contributed by atoms with Gasteiger partial charge in [0.15, 0.2) is 0 Å². The van der Waals surface area contributed by atoms with Crippen LogP contribution in [-0.4, -0.2) is 59.7 Å². The minimum Gasteiger partial charge on any atom is -0.354 e. The molecule has 0 unspecified atom stereocenters. The van der Waals surface area contributed by atoms with Crippen LogP contribution in [0.4, 0.5) is 11.6 Å². The number of hydrogen-bond donors (Lipinski definition) is 2. The number of amides is 1. The molecule has 9 heteroatoms. The number of aryl methyl sites for hydroxylation is 1. The van der Waals surface area contributed by atoms with Crippen LogP contribution in [0.3, 0.4) is 0 Å². The summed E-state index contributed by atoms with van der Waals surface area (Å²) in [5.41, 5.74) is 2.92. The van der Waals surface area contributed by atoms with Gasteiger partial charge in [-0.1, -0.05) is 12.1 Å². The van der Waals surface area contributed by atoms with Gasteiger partial charge >= 0.3 is 0 Å². The number of piperazine rings is 1. The zero-order valence-electron chi connectivity index (χ0n) is 17.7. The number of nitrogens with zero attached hydrogens (tertiary/aromatic N) is 5. The smallest absolute Gasteiger partial charge is 0.257 e. The molecular formula is C23H22BN7O. The molecule has 1 amide bonds. The maximum atomic E-state index is 12.9. The van der Waals surface area contributed by atoms with Crippen LogP contribution in [0.1, 0.15) is 10.4 Å². The van der Waals surface area contributed by atoms with E-state index in [4.69, 9.17) is 7.85 Å². The van der Waals surface area contributed by atoms with Crippen LogP contribution in [0.2, 0.25) is 0 Å². The van der Waals surface area contributed by atoms with Crippen molar-refractivity contribution in [3.8, 4) is 11.1 Å². The van der Waals surface area contributed by atoms with Crippen LogP contribution in [0.25, 0.3) is 21.9 Å². The number of fused-ring (bicyclic) bond motifs is 1. The Labute approximate surface area is 187 Å². The van der Waals surface area contributed by atoms with Crippen molar-refractivity contribution in [1.29, 1.82) is 0 Å². The van der Waals surface area contributed by atoms with Crippen LogP contribution < -0.4 is 21.1 Å². The molecule has 2 radical (unpaired) electrons. The van der Waals surface area contributed by atoms with Crippen molar-refractivity contribution in [2.24, 2.45) is 7.05 Å². The lowest BCUT2D eigenvalue weighted by molar-refractivity contribution is 0.102. The number of carbonyl (C=O) groups is 1. The summed E-state index contributed by atoms with van der Waals surface area (Å²) in [6.07, 6.45) is 5.43. The molecule has 1 fully saturated rings. The van der Waals surface area contributed by atoms with Crippen molar-refractivity contribution in [2.45, 2.75) is 0 Å². The zero-order chi connectivity index (χ0) is 22.1. The molecule has 1 aliphatic heterocycles. The van der Waals surface area contributed by atoms with Crippen molar-refractivity contribution < 1.29 is 4.79 Å². The first kappa shape index (κ1) is 20.2. The van der Waals surface area contributed by atoms with Gasteiger partial charge in [0.2, 0.25) is 0 Å². The van der Waals surface area contributed by atoms with E-state index in [1.807, 2.05) is 49.8 Å². The lowest BCUT2D eigenvalue weighted by atomic mass is 9.94. The maximum Gasteiger partial charge on any atom is 0.257 e. The Morgan fingerprint density at radius 1 is 1.12 bits per heavy atom.